The third-order valence-electron chi connectivity index (χ3n) is 7.20. The van der Waals surface area contributed by atoms with Crippen LogP contribution in [0.15, 0.2) is 81.0 Å². The van der Waals surface area contributed by atoms with Crippen LogP contribution >= 0.6 is 39.0 Å². The van der Waals surface area contributed by atoms with E-state index in [1.807, 2.05) is 56.3 Å². The minimum absolute atomic E-state index is 0.266. The number of benzene rings is 3. The van der Waals surface area contributed by atoms with E-state index in [0.717, 1.165) is 26.9 Å². The van der Waals surface area contributed by atoms with Crippen LogP contribution in [0, 0.1) is 19.8 Å². The first-order valence-corrected chi connectivity index (χ1v) is 15.3. The lowest BCUT2D eigenvalue weighted by atomic mass is 9.82. The highest BCUT2D eigenvalue weighted by molar-refractivity contribution is 9.10. The molecule has 1 fully saturated rings. The van der Waals surface area contributed by atoms with Gasteiger partial charge >= 0.3 is 4.87 Å². The predicted octanol–water partition coefficient (Wildman–Crippen LogP) is 5.63. The number of aryl methyl sites for hydroxylation is 2. The van der Waals surface area contributed by atoms with Gasteiger partial charge in [0.1, 0.15) is 11.0 Å². The number of rotatable bonds is 6. The Morgan fingerprint density at radius 1 is 1.02 bits per heavy atom. The number of carbonyl (C=O) groups excluding carboxylic acids is 3. The van der Waals surface area contributed by atoms with Gasteiger partial charge in [0.25, 0.3) is 5.91 Å². The Balaban J connectivity index is 1.37. The van der Waals surface area contributed by atoms with E-state index in [0.29, 0.717) is 32.6 Å². The van der Waals surface area contributed by atoms with Gasteiger partial charge in [0, 0.05) is 26.5 Å². The topological polar surface area (TPSA) is 109 Å². The van der Waals surface area contributed by atoms with Gasteiger partial charge in [-0.2, -0.15) is 0 Å². The van der Waals surface area contributed by atoms with Crippen molar-refractivity contribution in [3.8, 4) is 5.75 Å². The minimum atomic E-state index is -0.773. The van der Waals surface area contributed by atoms with Crippen LogP contribution in [0.25, 0.3) is 0 Å². The summed E-state index contributed by atoms with van der Waals surface area (Å²) in [6.07, 6.45) is 0. The maximum atomic E-state index is 14.0. The quantitative estimate of drug-likeness (QED) is 0.262. The van der Waals surface area contributed by atoms with Crippen molar-refractivity contribution in [3.63, 3.8) is 0 Å². The van der Waals surface area contributed by atoms with Crippen LogP contribution in [0.3, 0.4) is 0 Å². The molecule has 0 bridgehead atoms. The average molecular weight is 651 g/mol. The molecule has 11 heteroatoms. The van der Waals surface area contributed by atoms with Crippen molar-refractivity contribution < 1.29 is 19.1 Å². The number of fused-ring (bicyclic) bond motifs is 2. The van der Waals surface area contributed by atoms with E-state index < -0.39 is 17.1 Å². The van der Waals surface area contributed by atoms with Crippen molar-refractivity contribution in [2.75, 3.05) is 16.8 Å². The van der Waals surface area contributed by atoms with Crippen molar-refractivity contribution in [2.24, 2.45) is 5.92 Å². The molecule has 2 aliphatic heterocycles. The van der Waals surface area contributed by atoms with E-state index in [9.17, 15) is 19.2 Å². The highest BCUT2D eigenvalue weighted by Gasteiger charge is 2.56. The van der Waals surface area contributed by atoms with Crippen LogP contribution in [-0.2, 0) is 14.4 Å². The summed E-state index contributed by atoms with van der Waals surface area (Å²) in [4.78, 5) is 57.5. The molecule has 4 aromatic rings. The van der Waals surface area contributed by atoms with Crippen LogP contribution in [-0.4, -0.2) is 34.6 Å². The fourth-order valence-corrected chi connectivity index (χ4v) is 8.12. The van der Waals surface area contributed by atoms with E-state index in [-0.39, 0.29) is 29.2 Å². The molecular formula is C30H24BrN3O5S2. The summed E-state index contributed by atoms with van der Waals surface area (Å²) in [6, 6.07) is 20.0. The molecule has 0 spiro atoms. The van der Waals surface area contributed by atoms with Crippen LogP contribution in [0.1, 0.15) is 27.5 Å². The van der Waals surface area contributed by atoms with Gasteiger partial charge in [0.15, 0.2) is 6.61 Å². The Morgan fingerprint density at radius 3 is 2.54 bits per heavy atom. The summed E-state index contributed by atoms with van der Waals surface area (Å²) >= 11 is 5.77. The number of aromatic nitrogens is 1. The summed E-state index contributed by atoms with van der Waals surface area (Å²) in [5, 5.41) is 2.70. The van der Waals surface area contributed by atoms with Crippen LogP contribution in [0.2, 0.25) is 0 Å². The number of nitrogens with one attached hydrogen (secondary N) is 2. The number of amides is 3. The molecular weight excluding hydrogens is 626 g/mol. The summed E-state index contributed by atoms with van der Waals surface area (Å²) < 4.78 is 6.78. The van der Waals surface area contributed by atoms with Crippen molar-refractivity contribution in [3.05, 3.63) is 102 Å². The summed E-state index contributed by atoms with van der Waals surface area (Å²) in [5.74, 6) is -2.02. The maximum Gasteiger partial charge on any atom is 0.305 e. The highest BCUT2D eigenvalue weighted by atomic mass is 79.9. The van der Waals surface area contributed by atoms with Gasteiger partial charge in [-0.1, -0.05) is 74.9 Å². The van der Waals surface area contributed by atoms with Gasteiger partial charge in [-0.05, 0) is 55.8 Å². The number of halogens is 1. The SMILES string of the molecule is Cc1ccc(N2C(=O)C3Sc4[nH]c(=O)sc4[C@H](c4cc(Br)ccc4OCC(=O)Nc4ccccc4C)C3C2=O)cc1. The lowest BCUT2D eigenvalue weighted by Crippen LogP contribution is -2.32. The number of H-pyrrole nitrogens is 1. The molecule has 41 heavy (non-hydrogen) atoms. The average Bonchev–Trinajstić information content (AvgIpc) is 3.44. The minimum Gasteiger partial charge on any atom is -0.483 e. The fourth-order valence-electron chi connectivity index (χ4n) is 5.24. The van der Waals surface area contributed by atoms with Gasteiger partial charge in [-0.25, -0.2) is 4.90 Å². The number of ether oxygens (including phenoxy) is 1. The Morgan fingerprint density at radius 2 is 1.78 bits per heavy atom. The second-order valence-electron chi connectivity index (χ2n) is 9.93. The van der Waals surface area contributed by atoms with Gasteiger partial charge in [0.2, 0.25) is 11.8 Å². The van der Waals surface area contributed by atoms with Crippen molar-refractivity contribution in [2.45, 2.75) is 30.0 Å². The molecule has 2 unspecified atom stereocenters. The second kappa shape index (κ2) is 11.0. The van der Waals surface area contributed by atoms with Gasteiger partial charge in [-0.3, -0.25) is 19.2 Å². The third-order valence-corrected chi connectivity index (χ3v) is 10.1. The van der Waals surface area contributed by atoms with Crippen molar-refractivity contribution in [1.82, 2.24) is 4.98 Å². The normalized spacial score (nSPS) is 19.6. The fraction of sp³-hybridized carbons (Fsp3) is 0.200. The van der Waals surface area contributed by atoms with Crippen LogP contribution < -0.4 is 19.8 Å². The number of thioether (sulfide) groups is 1. The first-order chi connectivity index (χ1) is 19.7. The molecule has 3 aromatic carbocycles. The van der Waals surface area contributed by atoms with Gasteiger partial charge < -0.3 is 15.0 Å². The van der Waals surface area contributed by atoms with Crippen molar-refractivity contribution >= 4 is 68.1 Å². The first kappa shape index (κ1) is 27.5. The number of nitrogens with zero attached hydrogens (tertiary/aromatic N) is 1. The Bertz CT molecular complexity index is 1750. The molecule has 8 nitrogen and oxygen atoms in total. The summed E-state index contributed by atoms with van der Waals surface area (Å²) in [7, 11) is 0. The zero-order valence-corrected chi connectivity index (χ0v) is 25.2. The van der Waals surface area contributed by atoms with E-state index in [4.69, 9.17) is 4.74 Å². The Labute approximate surface area is 252 Å². The molecule has 3 atom stereocenters. The first-order valence-electron chi connectivity index (χ1n) is 12.8. The Kier molecular flexibility index (Phi) is 7.35. The molecule has 0 saturated carbocycles. The monoisotopic (exact) mass is 649 g/mol. The highest BCUT2D eigenvalue weighted by Crippen LogP contribution is 2.54. The molecule has 0 radical (unpaired) electrons. The molecule has 2 aliphatic rings. The number of hydrogen-bond acceptors (Lipinski definition) is 7. The molecule has 3 amide bonds. The second-order valence-corrected chi connectivity index (χ2v) is 13.0. The molecule has 1 aromatic heterocycles. The zero-order valence-electron chi connectivity index (χ0n) is 22.0. The molecule has 2 N–H and O–H groups in total. The molecule has 208 valence electrons. The smallest absolute Gasteiger partial charge is 0.305 e. The molecule has 6 rings (SSSR count). The summed E-state index contributed by atoms with van der Waals surface area (Å²) in [5.41, 5.74) is 3.75. The molecule has 0 aliphatic carbocycles. The van der Waals surface area contributed by atoms with E-state index in [2.05, 4.69) is 26.2 Å². The number of anilines is 2. The summed E-state index contributed by atoms with van der Waals surface area (Å²) in [6.45, 7) is 3.57. The number of para-hydroxylation sites is 1. The number of aromatic amines is 1. The zero-order chi connectivity index (χ0) is 28.8. The van der Waals surface area contributed by atoms with Gasteiger partial charge in [-0.15, -0.1) is 0 Å². The molecule has 1 saturated heterocycles. The van der Waals surface area contributed by atoms with Gasteiger partial charge in [0.05, 0.1) is 16.6 Å². The lowest BCUT2D eigenvalue weighted by molar-refractivity contribution is -0.122. The van der Waals surface area contributed by atoms with Crippen LogP contribution in [0.5, 0.6) is 5.75 Å². The maximum absolute atomic E-state index is 14.0. The lowest BCUT2D eigenvalue weighted by Gasteiger charge is -2.31. The predicted molar refractivity (Wildman–Crippen MR) is 163 cm³/mol. The number of thiazole rings is 1. The number of imide groups is 1. The Hall–Kier alpha value is -3.67. The van der Waals surface area contributed by atoms with E-state index in [1.165, 1.54) is 16.7 Å². The standard InChI is InChI=1S/C30H24BrN3O5S2/c1-15-7-10-18(11-8-15)34-28(36)24-23(25-27(33-30(38)41-25)40-26(24)29(34)37)19-13-17(31)9-12-21(19)39-14-22(35)32-20-6-4-3-5-16(20)2/h3-13,23-24,26H,14H2,1-2H3,(H,32,35)(H,33,38)/t23-,24?,26?/m1/s1. The van der Waals surface area contributed by atoms with Crippen LogP contribution in [0.4, 0.5) is 11.4 Å². The number of carbonyl (C=O) groups is 3. The van der Waals surface area contributed by atoms with E-state index >= 15 is 0 Å². The third kappa shape index (κ3) is 5.13. The number of hydrogen-bond donors (Lipinski definition) is 2. The van der Waals surface area contributed by atoms with Crippen molar-refractivity contribution in [1.29, 1.82) is 0 Å². The largest absolute Gasteiger partial charge is 0.483 e. The molecule has 3 heterocycles. The van der Waals surface area contributed by atoms with E-state index in [1.54, 1.807) is 24.3 Å².